The summed E-state index contributed by atoms with van der Waals surface area (Å²) in [6.07, 6.45) is 0.931. The van der Waals surface area contributed by atoms with Crippen LogP contribution in [-0.4, -0.2) is 61.0 Å². The topological polar surface area (TPSA) is 59.1 Å². The number of carbonyl (C=O) groups is 2. The van der Waals surface area contributed by atoms with E-state index in [1.54, 1.807) is 0 Å². The number of morpholine rings is 1. The molecule has 0 aromatic heterocycles. The third-order valence-electron chi connectivity index (χ3n) is 5.23. The van der Waals surface area contributed by atoms with Gasteiger partial charge >= 0.3 is 5.97 Å². The number of amides is 1. The maximum absolute atomic E-state index is 11.7. The van der Waals surface area contributed by atoms with Crippen LogP contribution >= 0.6 is 0 Å². The number of ether oxygens (including phenoxy) is 2. The number of fused-ring (bicyclic) bond motifs is 2. The zero-order valence-electron chi connectivity index (χ0n) is 13.2. The van der Waals surface area contributed by atoms with E-state index in [0.29, 0.717) is 18.8 Å². The normalized spacial score (nSPS) is 27.3. The minimum Gasteiger partial charge on any atom is -0.457 e. The van der Waals surface area contributed by atoms with Crippen molar-refractivity contribution in [2.75, 3.05) is 32.8 Å². The lowest BCUT2D eigenvalue weighted by Gasteiger charge is -2.45. The van der Waals surface area contributed by atoms with Gasteiger partial charge in [-0.3, -0.25) is 9.69 Å². The molecule has 3 aliphatic rings. The molecule has 3 aliphatic heterocycles. The number of benzene rings is 1. The molecule has 1 aromatic carbocycles. The van der Waals surface area contributed by atoms with Crippen LogP contribution in [0.15, 0.2) is 12.1 Å². The van der Waals surface area contributed by atoms with Crippen LogP contribution in [0.25, 0.3) is 0 Å². The number of hydrogen-bond acceptors (Lipinski definition) is 5. The van der Waals surface area contributed by atoms with Crippen molar-refractivity contribution in [3.05, 3.63) is 34.4 Å². The predicted octanol–water partition coefficient (Wildman–Crippen LogP) is 0.879. The first-order valence-corrected chi connectivity index (χ1v) is 8.02. The Morgan fingerprint density at radius 3 is 2.96 bits per heavy atom. The molecule has 1 amide bonds. The lowest BCUT2D eigenvalue weighted by atomic mass is 9.94. The fraction of sp³-hybridized carbons (Fsp3) is 0.529. The average molecular weight is 316 g/mol. The van der Waals surface area contributed by atoms with E-state index in [9.17, 15) is 9.59 Å². The Morgan fingerprint density at radius 1 is 1.26 bits per heavy atom. The molecule has 1 aromatic rings. The second-order valence-electron chi connectivity index (χ2n) is 6.45. The third kappa shape index (κ3) is 2.42. The largest absolute Gasteiger partial charge is 0.457 e. The molecule has 122 valence electrons. The first kappa shape index (κ1) is 14.7. The van der Waals surface area contributed by atoms with Crippen molar-refractivity contribution in [2.45, 2.75) is 25.7 Å². The Labute approximate surface area is 134 Å². The van der Waals surface area contributed by atoms with Crippen molar-refractivity contribution in [2.24, 2.45) is 0 Å². The summed E-state index contributed by atoms with van der Waals surface area (Å²) in [5, 5.41) is 0. The minimum atomic E-state index is -0.232. The number of piperazine rings is 1. The van der Waals surface area contributed by atoms with Gasteiger partial charge in [0.25, 0.3) is 0 Å². The summed E-state index contributed by atoms with van der Waals surface area (Å²) in [7, 11) is 0. The second kappa shape index (κ2) is 5.62. The number of hydrogen-bond donors (Lipinski definition) is 0. The quantitative estimate of drug-likeness (QED) is 0.599. The summed E-state index contributed by atoms with van der Waals surface area (Å²) in [5.41, 5.74) is 3.91. The van der Waals surface area contributed by atoms with E-state index in [2.05, 4.69) is 4.90 Å². The van der Waals surface area contributed by atoms with Gasteiger partial charge in [-0.15, -0.1) is 0 Å². The van der Waals surface area contributed by atoms with Gasteiger partial charge in [0.05, 0.1) is 24.3 Å². The zero-order chi connectivity index (χ0) is 16.0. The highest BCUT2D eigenvalue weighted by molar-refractivity contribution is 5.93. The molecule has 0 saturated carbocycles. The van der Waals surface area contributed by atoms with Crippen LogP contribution in [0.2, 0.25) is 0 Å². The van der Waals surface area contributed by atoms with Gasteiger partial charge in [0.2, 0.25) is 6.41 Å². The molecular formula is C17H20N2O4. The molecule has 23 heavy (non-hydrogen) atoms. The highest BCUT2D eigenvalue weighted by Gasteiger charge is 2.35. The van der Waals surface area contributed by atoms with Gasteiger partial charge in [-0.05, 0) is 24.1 Å². The smallest absolute Gasteiger partial charge is 0.338 e. The van der Waals surface area contributed by atoms with Crippen LogP contribution in [0.1, 0.15) is 33.2 Å². The van der Waals surface area contributed by atoms with Crippen molar-refractivity contribution in [3.63, 3.8) is 0 Å². The summed E-state index contributed by atoms with van der Waals surface area (Å²) >= 11 is 0. The first-order chi connectivity index (χ1) is 11.2. The molecule has 4 rings (SSSR count). The van der Waals surface area contributed by atoms with Crippen molar-refractivity contribution >= 4 is 12.4 Å². The SMILES string of the molecule is Cc1c(C2CN3CCN(C=O)CC3CO2)ccc2c1COC2=O. The molecule has 0 N–H and O–H groups in total. The molecule has 6 nitrogen and oxygen atoms in total. The Morgan fingerprint density at radius 2 is 2.13 bits per heavy atom. The minimum absolute atomic E-state index is 0.00929. The molecule has 3 heterocycles. The van der Waals surface area contributed by atoms with Crippen molar-refractivity contribution in [1.29, 1.82) is 0 Å². The number of carbonyl (C=O) groups excluding carboxylic acids is 2. The zero-order valence-corrected chi connectivity index (χ0v) is 13.2. The fourth-order valence-electron chi connectivity index (χ4n) is 3.81. The molecular weight excluding hydrogens is 296 g/mol. The molecule has 0 spiro atoms. The second-order valence-corrected chi connectivity index (χ2v) is 6.45. The van der Waals surface area contributed by atoms with Gasteiger partial charge in [0, 0.05) is 31.7 Å². The van der Waals surface area contributed by atoms with Crippen LogP contribution in [0.4, 0.5) is 0 Å². The molecule has 0 radical (unpaired) electrons. The standard InChI is InChI=1S/C17H20N2O4/c1-11-13(2-3-14-15(11)9-23-17(14)21)16-7-19-5-4-18(10-20)6-12(19)8-22-16/h2-3,10,12,16H,4-9H2,1H3. The molecule has 0 bridgehead atoms. The lowest BCUT2D eigenvalue weighted by Crippen LogP contribution is -2.58. The van der Waals surface area contributed by atoms with Crippen LogP contribution in [0.5, 0.6) is 0 Å². The molecule has 6 heteroatoms. The maximum Gasteiger partial charge on any atom is 0.338 e. The van der Waals surface area contributed by atoms with Gasteiger partial charge in [-0.25, -0.2) is 4.79 Å². The predicted molar refractivity (Wildman–Crippen MR) is 82.0 cm³/mol. The van der Waals surface area contributed by atoms with E-state index in [-0.39, 0.29) is 18.1 Å². The van der Waals surface area contributed by atoms with E-state index in [1.807, 2.05) is 24.0 Å². The van der Waals surface area contributed by atoms with Crippen LogP contribution in [0, 0.1) is 6.92 Å². The lowest BCUT2D eigenvalue weighted by molar-refractivity contribution is -0.127. The first-order valence-electron chi connectivity index (χ1n) is 8.02. The highest BCUT2D eigenvalue weighted by atomic mass is 16.5. The number of esters is 1. The van der Waals surface area contributed by atoms with Crippen LogP contribution < -0.4 is 0 Å². The van der Waals surface area contributed by atoms with Gasteiger partial charge in [0.15, 0.2) is 0 Å². The summed E-state index contributed by atoms with van der Waals surface area (Å²) in [6, 6.07) is 4.13. The highest BCUT2D eigenvalue weighted by Crippen LogP contribution is 2.33. The summed E-state index contributed by atoms with van der Waals surface area (Å²) in [6.45, 7) is 6.25. The van der Waals surface area contributed by atoms with E-state index in [4.69, 9.17) is 9.47 Å². The van der Waals surface area contributed by atoms with Crippen molar-refractivity contribution < 1.29 is 19.1 Å². The van der Waals surface area contributed by atoms with E-state index in [0.717, 1.165) is 49.3 Å². The molecule has 2 saturated heterocycles. The molecule has 0 aliphatic carbocycles. The fourth-order valence-corrected chi connectivity index (χ4v) is 3.81. The Hall–Kier alpha value is -1.92. The molecule has 2 fully saturated rings. The van der Waals surface area contributed by atoms with Crippen LogP contribution in [-0.2, 0) is 20.9 Å². The summed E-state index contributed by atoms with van der Waals surface area (Å²) < 4.78 is 11.2. The Kier molecular flexibility index (Phi) is 3.58. The van der Waals surface area contributed by atoms with Crippen molar-refractivity contribution in [1.82, 2.24) is 9.80 Å². The number of cyclic esters (lactones) is 1. The van der Waals surface area contributed by atoms with Gasteiger partial charge < -0.3 is 14.4 Å². The van der Waals surface area contributed by atoms with Gasteiger partial charge in [0.1, 0.15) is 6.61 Å². The molecule has 2 unspecified atom stereocenters. The molecule has 2 atom stereocenters. The number of nitrogens with zero attached hydrogens (tertiary/aromatic N) is 2. The average Bonchev–Trinajstić information content (AvgIpc) is 2.96. The van der Waals surface area contributed by atoms with Gasteiger partial charge in [-0.1, -0.05) is 6.07 Å². The van der Waals surface area contributed by atoms with E-state index in [1.165, 1.54) is 0 Å². The Bertz CT molecular complexity index is 660. The maximum atomic E-state index is 11.7. The van der Waals surface area contributed by atoms with Crippen molar-refractivity contribution in [3.8, 4) is 0 Å². The van der Waals surface area contributed by atoms with Gasteiger partial charge in [-0.2, -0.15) is 0 Å². The van der Waals surface area contributed by atoms with E-state index < -0.39 is 0 Å². The third-order valence-corrected chi connectivity index (χ3v) is 5.23. The summed E-state index contributed by atoms with van der Waals surface area (Å²) in [4.78, 5) is 26.8. The Balaban J connectivity index is 1.54. The monoisotopic (exact) mass is 316 g/mol. The number of rotatable bonds is 2. The van der Waals surface area contributed by atoms with Crippen LogP contribution in [0.3, 0.4) is 0 Å². The van der Waals surface area contributed by atoms with E-state index >= 15 is 0 Å². The summed E-state index contributed by atoms with van der Waals surface area (Å²) in [5.74, 6) is -0.232.